The van der Waals surface area contributed by atoms with Gasteiger partial charge in [-0.05, 0) is 64.6 Å². The Morgan fingerprint density at radius 2 is 1.02 bits per heavy atom. The molecule has 2 saturated heterocycles. The summed E-state index contributed by atoms with van der Waals surface area (Å²) in [5, 5.41) is 5.92. The normalized spacial score (nSPS) is 19.7. The number of hydrogen-bond donors (Lipinski definition) is 2. The third kappa shape index (κ3) is 13.4. The lowest BCUT2D eigenvalue weighted by Gasteiger charge is -2.29. The van der Waals surface area contributed by atoms with Gasteiger partial charge in [-0.1, -0.05) is 55.4 Å². The quantitative estimate of drug-likeness (QED) is 0.101. The van der Waals surface area contributed by atoms with Crippen molar-refractivity contribution in [3.8, 4) is 0 Å². The van der Waals surface area contributed by atoms with Gasteiger partial charge in [-0.25, -0.2) is 9.59 Å². The number of rotatable bonds is 16. The van der Waals surface area contributed by atoms with Crippen LogP contribution in [0.3, 0.4) is 0 Å². The van der Waals surface area contributed by atoms with Gasteiger partial charge in [0.25, 0.3) is 23.6 Å². The van der Waals surface area contributed by atoms with E-state index in [1.807, 2.05) is 27.7 Å². The van der Waals surface area contributed by atoms with Crippen LogP contribution in [0.2, 0.25) is 0 Å². The van der Waals surface area contributed by atoms with Crippen LogP contribution in [0, 0.1) is 23.7 Å². The van der Waals surface area contributed by atoms with E-state index in [1.165, 1.54) is 14.1 Å². The zero-order valence-corrected chi connectivity index (χ0v) is 30.7. The number of carbonyl (C=O) groups is 8. The summed E-state index contributed by atoms with van der Waals surface area (Å²) in [6.45, 7) is 9.12. The van der Waals surface area contributed by atoms with Crippen LogP contribution in [-0.2, 0) is 48.0 Å². The average Bonchev–Trinajstić information content (AvgIpc) is 3.53. The van der Waals surface area contributed by atoms with Gasteiger partial charge in [-0.2, -0.15) is 0 Å². The molecule has 0 radical (unpaired) electrons. The highest BCUT2D eigenvalue weighted by Gasteiger charge is 2.38. The van der Waals surface area contributed by atoms with E-state index >= 15 is 0 Å². The van der Waals surface area contributed by atoms with E-state index in [1.54, 1.807) is 27.7 Å². The summed E-state index contributed by atoms with van der Waals surface area (Å²) >= 11 is 0. The largest absolute Gasteiger partial charge is 0.355 e. The number of nitrogens with one attached hydrogen (secondary N) is 2. The van der Waals surface area contributed by atoms with Crippen LogP contribution >= 0.6 is 0 Å². The zero-order valence-electron chi connectivity index (χ0n) is 36.7. The molecule has 2 aliphatic heterocycles. The van der Waals surface area contributed by atoms with E-state index in [0.717, 1.165) is 9.80 Å². The van der Waals surface area contributed by atoms with E-state index in [-0.39, 0.29) is 62.2 Å². The summed E-state index contributed by atoms with van der Waals surface area (Å²) in [4.78, 5) is 109. The Hall–Kier alpha value is -3.92. The molecule has 2 N–H and O–H groups in total. The fraction of sp³-hybridized carbons (Fsp3) is 0.765. The number of nitrogens with zero attached hydrogens (tertiary/aromatic N) is 4. The fourth-order valence-corrected chi connectivity index (χ4v) is 5.36. The number of amides is 6. The molecule has 2 fully saturated rings. The van der Waals surface area contributed by atoms with Crippen molar-refractivity contribution in [2.24, 2.45) is 23.7 Å². The highest BCUT2D eigenvalue weighted by Crippen LogP contribution is 2.17. The van der Waals surface area contributed by atoms with Gasteiger partial charge < -0.3 is 20.3 Å². The first-order valence-electron chi connectivity index (χ1n) is 19.7. The average molecular weight is 721 g/mol. The van der Waals surface area contributed by atoms with Gasteiger partial charge in [0, 0.05) is 33.9 Å². The van der Waals surface area contributed by atoms with Crippen LogP contribution in [0.5, 0.6) is 0 Å². The number of hydroxylamine groups is 4. The Balaban J connectivity index is 0.000000560. The maximum atomic E-state index is 12.8. The molecule has 2 rings (SSSR count). The molecular weight excluding hydrogens is 656 g/mol. The second kappa shape index (κ2) is 20.1. The molecule has 16 heteroatoms. The minimum Gasteiger partial charge on any atom is -0.341 e. The van der Waals surface area contributed by atoms with Crippen molar-refractivity contribution in [1.29, 1.82) is 0 Å². The molecule has 2 heterocycles. The van der Waals surface area contributed by atoms with E-state index in [2.05, 4.69) is 10.6 Å². The van der Waals surface area contributed by atoms with Crippen molar-refractivity contribution in [3.05, 3.63) is 0 Å². The van der Waals surface area contributed by atoms with E-state index in [4.69, 9.17) is 17.9 Å². The molecule has 6 amide bonds. The molecule has 50 heavy (non-hydrogen) atoms. The summed E-state index contributed by atoms with van der Waals surface area (Å²) in [7, 11) is 2.63. The van der Waals surface area contributed by atoms with Gasteiger partial charge in [0.15, 0.2) is 0 Å². The first kappa shape index (κ1) is 34.5. The van der Waals surface area contributed by atoms with Gasteiger partial charge >= 0.3 is 11.9 Å². The summed E-state index contributed by atoms with van der Waals surface area (Å²) in [5.41, 5.74) is 0. The molecule has 0 spiro atoms. The van der Waals surface area contributed by atoms with Crippen LogP contribution in [0.15, 0.2) is 0 Å². The molecule has 0 aliphatic carbocycles. The minimum atomic E-state index is -2.49. The maximum absolute atomic E-state index is 12.8. The molecule has 4 unspecified atom stereocenters. The van der Waals surface area contributed by atoms with E-state index in [9.17, 15) is 38.4 Å². The molecular formula is C34H58N6O10. The van der Waals surface area contributed by atoms with Gasteiger partial charge in [-0.3, -0.25) is 38.6 Å². The van der Waals surface area contributed by atoms with Crippen molar-refractivity contribution < 1.29 is 56.3 Å². The maximum Gasteiger partial charge on any atom is 0.355 e. The zero-order chi connectivity index (χ0) is 43.6. The van der Waals surface area contributed by atoms with Crippen LogP contribution in [-0.4, -0.2) is 120 Å². The highest BCUT2D eigenvalue weighted by atomic mass is 18.1. The van der Waals surface area contributed by atoms with Crippen LogP contribution in [0.1, 0.15) is 102 Å². The summed E-state index contributed by atoms with van der Waals surface area (Å²) in [5.74, 6) is -6.34. The van der Waals surface area contributed by atoms with Crippen molar-refractivity contribution in [1.82, 2.24) is 30.6 Å². The fourth-order valence-electron chi connectivity index (χ4n) is 5.36. The minimum absolute atomic E-state index is 0.0133. The van der Waals surface area contributed by atoms with Crippen LogP contribution in [0.4, 0.5) is 0 Å². The molecule has 0 saturated carbocycles. The molecule has 0 bridgehead atoms. The molecule has 0 aromatic carbocycles. The summed E-state index contributed by atoms with van der Waals surface area (Å²) in [6.07, 6.45) is 0.253. The second-order valence-corrected chi connectivity index (χ2v) is 14.0. The molecule has 16 nitrogen and oxygen atoms in total. The monoisotopic (exact) mass is 720 g/mol. The lowest BCUT2D eigenvalue weighted by atomic mass is 10.00. The molecule has 4 atom stereocenters. The first-order chi connectivity index (χ1) is 25.5. The molecule has 2 aliphatic rings. The Morgan fingerprint density at radius 3 is 1.34 bits per heavy atom. The topological polar surface area (TPSA) is 192 Å². The molecule has 0 aromatic rings. The van der Waals surface area contributed by atoms with Gasteiger partial charge in [0.05, 0.1) is 12.1 Å². The van der Waals surface area contributed by atoms with Gasteiger partial charge in [-0.15, -0.1) is 10.1 Å². The Labute approximate surface area is 304 Å². The predicted molar refractivity (Wildman–Crippen MR) is 182 cm³/mol. The van der Waals surface area contributed by atoms with Crippen molar-refractivity contribution >= 4 is 47.4 Å². The predicted octanol–water partition coefficient (Wildman–Crippen LogP) is 1.42. The first-order valence-corrected chi connectivity index (χ1v) is 16.7. The number of carbonyl (C=O) groups excluding carboxylic acids is 8. The van der Waals surface area contributed by atoms with Gasteiger partial charge in [0.2, 0.25) is 11.8 Å². The second-order valence-electron chi connectivity index (χ2n) is 14.0. The Kier molecular flexibility index (Phi) is 13.9. The summed E-state index contributed by atoms with van der Waals surface area (Å²) in [6, 6.07) is -4.27. The summed E-state index contributed by atoms with van der Waals surface area (Å²) < 4.78 is 45.2. The Bertz CT molecular complexity index is 1320. The van der Waals surface area contributed by atoms with E-state index in [0.29, 0.717) is 10.1 Å². The smallest absolute Gasteiger partial charge is 0.341 e. The standard InChI is InChI=1S/2C17H29N3O5/c2*1-10(2)9-12(18-16(23)15(11(3)4)19(5)6)17(24)25-20-13(21)7-8-14(20)22/h2*10-12,15H,7-9H2,1-6H3,(H,18,23)/i5D3,16+1,19+1;5D3,23+2. The lowest BCUT2D eigenvalue weighted by molar-refractivity contribution is -0.199. The van der Waals surface area contributed by atoms with E-state index < -0.39 is 85.5 Å². The Morgan fingerprint density at radius 1 is 0.680 bits per heavy atom. The molecule has 284 valence electrons. The van der Waals surface area contributed by atoms with Gasteiger partial charge in [0.1, 0.15) is 12.1 Å². The lowest BCUT2D eigenvalue weighted by Crippen LogP contribution is -2.53. The highest BCUT2D eigenvalue weighted by molar-refractivity contribution is 6.02. The number of imide groups is 2. The third-order valence-corrected chi connectivity index (χ3v) is 7.63. The number of hydrogen-bond acceptors (Lipinski definition) is 12. The molecule has 0 aromatic heterocycles. The van der Waals surface area contributed by atoms with Crippen molar-refractivity contribution in [2.75, 3.05) is 28.0 Å². The van der Waals surface area contributed by atoms with Crippen LogP contribution < -0.4 is 10.6 Å². The SMILES string of the molecule is [2H]C([2H])([2H])N(C)C(C(=[18O])NC(CC(C)C)C(=O)ON1C(=O)CCC1=O)C(C)C.[2H]C([2H])([2H])[15N](C)C(C(C)C)[13C](=O)NC(CC(C)C)C(=O)ON1C(=O)CCC1=O. The number of likely N-dealkylation sites (N-methyl/N-ethyl adjacent to an activating group) is 2. The van der Waals surface area contributed by atoms with Crippen molar-refractivity contribution in [3.63, 3.8) is 0 Å². The third-order valence-electron chi connectivity index (χ3n) is 7.63. The van der Waals surface area contributed by atoms with Crippen LogP contribution in [0.25, 0.3) is 0 Å². The van der Waals surface area contributed by atoms with Crippen molar-refractivity contribution in [2.45, 2.75) is 118 Å².